The lowest BCUT2D eigenvalue weighted by Crippen LogP contribution is -2.48. The van der Waals surface area contributed by atoms with E-state index in [4.69, 9.17) is 21.1 Å². The molecule has 50 heavy (non-hydrogen) atoms. The van der Waals surface area contributed by atoms with Gasteiger partial charge in [-0.05, 0) is 77.9 Å². The summed E-state index contributed by atoms with van der Waals surface area (Å²) in [5.41, 5.74) is 1.20. The normalized spacial score (nSPS) is 16.7. The minimum atomic E-state index is -4.07. The Morgan fingerprint density at radius 2 is 1.68 bits per heavy atom. The molecule has 0 spiro atoms. The van der Waals surface area contributed by atoms with Gasteiger partial charge < -0.3 is 14.8 Å². The van der Waals surface area contributed by atoms with Gasteiger partial charge in [0.15, 0.2) is 0 Å². The van der Waals surface area contributed by atoms with Crippen molar-refractivity contribution in [3.05, 3.63) is 107 Å². The van der Waals surface area contributed by atoms with E-state index in [9.17, 15) is 31.9 Å². The number of halogens is 1. The van der Waals surface area contributed by atoms with E-state index in [2.05, 4.69) is 14.8 Å². The van der Waals surface area contributed by atoms with E-state index >= 15 is 0 Å². The number of fused-ring (bicyclic) bond motifs is 1. The fourth-order valence-electron chi connectivity index (χ4n) is 5.62. The van der Waals surface area contributed by atoms with Gasteiger partial charge in [-0.2, -0.15) is 4.72 Å². The lowest BCUT2D eigenvalue weighted by molar-refractivity contribution is -0.122. The van der Waals surface area contributed by atoms with Crippen molar-refractivity contribution in [3.63, 3.8) is 0 Å². The van der Waals surface area contributed by atoms with Crippen LogP contribution in [0.4, 0.5) is 0 Å². The van der Waals surface area contributed by atoms with Gasteiger partial charge in [0, 0.05) is 11.6 Å². The molecule has 1 saturated heterocycles. The van der Waals surface area contributed by atoms with E-state index in [0.29, 0.717) is 48.3 Å². The van der Waals surface area contributed by atoms with Crippen LogP contribution in [0.3, 0.4) is 0 Å². The van der Waals surface area contributed by atoms with Crippen molar-refractivity contribution in [2.24, 2.45) is 0 Å². The van der Waals surface area contributed by atoms with Crippen LogP contribution in [-0.4, -0.2) is 61.6 Å². The minimum Gasteiger partial charge on any atom is -0.493 e. The average Bonchev–Trinajstić information content (AvgIpc) is 3.37. The molecule has 0 aromatic heterocycles. The molecule has 1 heterocycles. The van der Waals surface area contributed by atoms with Crippen LogP contribution in [-0.2, 0) is 30.8 Å². The Hall–Kier alpha value is -4.18. The summed E-state index contributed by atoms with van der Waals surface area (Å²) in [7, 11) is -6.19. The molecule has 0 aliphatic carbocycles. The number of hydrogen-bond acceptors (Lipinski definition) is 9. The minimum absolute atomic E-state index is 0.00319. The van der Waals surface area contributed by atoms with Crippen molar-refractivity contribution < 1.29 is 41.4 Å². The predicted molar refractivity (Wildman–Crippen MR) is 192 cm³/mol. The van der Waals surface area contributed by atoms with Crippen LogP contribution in [0, 0.1) is 0 Å². The van der Waals surface area contributed by atoms with Gasteiger partial charge in [0.25, 0.3) is 0 Å². The van der Waals surface area contributed by atoms with Crippen LogP contribution in [0.15, 0.2) is 89.8 Å². The Morgan fingerprint density at radius 1 is 0.980 bits per heavy atom. The molecule has 0 radical (unpaired) electrons. The number of hydrogen-bond donors (Lipinski definition) is 5. The third-order valence-electron chi connectivity index (χ3n) is 8.18. The highest BCUT2D eigenvalue weighted by Crippen LogP contribution is 2.57. The molecule has 2 unspecified atom stereocenters. The number of ether oxygens (including phenoxy) is 2. The number of carbonyl (C=O) groups is 3. The van der Waals surface area contributed by atoms with Crippen LogP contribution >= 0.6 is 22.4 Å². The highest BCUT2D eigenvalue weighted by molar-refractivity contribution is 8.23. The zero-order valence-electron chi connectivity index (χ0n) is 27.1. The molecule has 1 aliphatic rings. The molecule has 2 atom stereocenters. The lowest BCUT2D eigenvalue weighted by atomic mass is 10.0. The van der Waals surface area contributed by atoms with E-state index in [-0.39, 0.29) is 29.3 Å². The Bertz CT molecular complexity index is 1980. The molecular formula is C35H38ClN3O9S2. The molecule has 0 bridgehead atoms. The number of amides is 2. The molecule has 1 fully saturated rings. The number of nitrogens with one attached hydrogen (secondary N) is 3. The first-order chi connectivity index (χ1) is 23.9. The van der Waals surface area contributed by atoms with Gasteiger partial charge in [0.05, 0.1) is 25.0 Å². The summed E-state index contributed by atoms with van der Waals surface area (Å²) in [5, 5.41) is 3.85. The Kier molecular flexibility index (Phi) is 12.0. The van der Waals surface area contributed by atoms with E-state index in [0.717, 1.165) is 10.8 Å². The van der Waals surface area contributed by atoms with Crippen LogP contribution < -0.4 is 19.5 Å². The topological polar surface area (TPSA) is 180 Å². The molecule has 4 aromatic rings. The molecule has 4 aromatic carbocycles. The third-order valence-corrected chi connectivity index (χ3v) is 11.7. The van der Waals surface area contributed by atoms with Gasteiger partial charge in [-0.15, -0.1) is 10.8 Å². The molecule has 0 saturated carbocycles. The molecular weight excluding hydrogens is 706 g/mol. The third kappa shape index (κ3) is 9.13. The van der Waals surface area contributed by atoms with Gasteiger partial charge in [-0.3, -0.25) is 23.4 Å². The van der Waals surface area contributed by atoms with Crippen molar-refractivity contribution in [2.75, 3.05) is 20.3 Å². The van der Waals surface area contributed by atoms with E-state index < -0.39 is 49.9 Å². The fraction of sp³-hybridized carbons (Fsp3) is 0.286. The van der Waals surface area contributed by atoms with Crippen molar-refractivity contribution in [1.29, 1.82) is 0 Å². The second-order valence-corrected chi connectivity index (χ2v) is 15.8. The summed E-state index contributed by atoms with van der Waals surface area (Å²) >= 11 is 6.50. The van der Waals surface area contributed by atoms with E-state index in [1.54, 1.807) is 42.5 Å². The van der Waals surface area contributed by atoms with Crippen LogP contribution in [0.25, 0.3) is 10.8 Å². The summed E-state index contributed by atoms with van der Waals surface area (Å²) in [6.45, 7) is 0.596. The number of benzene rings is 4. The molecule has 1 aliphatic heterocycles. The first-order valence-electron chi connectivity index (χ1n) is 15.8. The summed E-state index contributed by atoms with van der Waals surface area (Å²) in [6.07, 6.45) is 1.68. The maximum Gasteiger partial charge on any atom is 0.341 e. The largest absolute Gasteiger partial charge is 0.493 e. The molecule has 5 N–H and O–H groups in total. The Morgan fingerprint density at radius 3 is 2.34 bits per heavy atom. The molecule has 2 amide bonds. The molecule has 15 heteroatoms. The van der Waals surface area contributed by atoms with Gasteiger partial charge in [0.2, 0.25) is 21.8 Å². The maximum absolute atomic E-state index is 13.4. The number of esters is 1. The van der Waals surface area contributed by atoms with E-state index in [1.807, 2.05) is 24.3 Å². The first kappa shape index (κ1) is 37.1. The molecule has 5 rings (SSSR count). The van der Waals surface area contributed by atoms with Crippen molar-refractivity contribution in [1.82, 2.24) is 14.8 Å². The number of unbranched alkanes of at least 4 members (excludes halogenated alkanes) is 2. The van der Waals surface area contributed by atoms with Crippen molar-refractivity contribution in [2.45, 2.75) is 48.3 Å². The number of carbonyl (C=O) groups excluding carboxylic acids is 3. The fourth-order valence-corrected chi connectivity index (χ4v) is 8.74. The van der Waals surface area contributed by atoms with Gasteiger partial charge >= 0.3 is 5.97 Å². The quantitative estimate of drug-likeness (QED) is 0.0747. The second kappa shape index (κ2) is 16.2. The van der Waals surface area contributed by atoms with Crippen molar-refractivity contribution >= 4 is 61.0 Å². The summed E-state index contributed by atoms with van der Waals surface area (Å²) < 4.78 is 62.6. The van der Waals surface area contributed by atoms with Crippen LogP contribution in [0.5, 0.6) is 5.75 Å². The van der Waals surface area contributed by atoms with Crippen LogP contribution in [0.2, 0.25) is 5.02 Å². The zero-order chi connectivity index (χ0) is 35.9. The smallest absolute Gasteiger partial charge is 0.341 e. The highest BCUT2D eigenvalue weighted by atomic mass is 35.5. The zero-order valence-corrected chi connectivity index (χ0v) is 29.5. The highest BCUT2D eigenvalue weighted by Gasteiger charge is 2.39. The van der Waals surface area contributed by atoms with Gasteiger partial charge in [0.1, 0.15) is 22.6 Å². The monoisotopic (exact) mass is 743 g/mol. The molecule has 12 nitrogen and oxygen atoms in total. The molecule has 266 valence electrons. The average molecular weight is 744 g/mol. The number of sulfonamides is 1. The summed E-state index contributed by atoms with van der Waals surface area (Å²) in [4.78, 5) is 37.6. The maximum atomic E-state index is 13.4. The predicted octanol–water partition coefficient (Wildman–Crippen LogP) is 5.76. The first-order valence-corrected chi connectivity index (χ1v) is 19.3. The van der Waals surface area contributed by atoms with Crippen molar-refractivity contribution in [3.8, 4) is 5.75 Å². The Balaban J connectivity index is 1.19. The van der Waals surface area contributed by atoms with E-state index in [1.165, 1.54) is 25.3 Å². The lowest BCUT2D eigenvalue weighted by Gasteiger charge is -2.33. The Labute approximate surface area is 297 Å². The van der Waals surface area contributed by atoms with Gasteiger partial charge in [-0.25, -0.2) is 13.2 Å². The van der Waals surface area contributed by atoms with Crippen LogP contribution in [0.1, 0.15) is 52.4 Å². The summed E-state index contributed by atoms with van der Waals surface area (Å²) in [5.74, 6) is -1.12. The summed E-state index contributed by atoms with van der Waals surface area (Å²) in [6, 6.07) is 22.3. The number of methoxy groups -OCH3 is 1. The standard InChI is InChI=1S/C35H38ClN3O9S2/c1-47-35(42)28-20-24-10-6-7-11-25(24)21-31(28)48-17-9-3-8-16-37-34(41)30(38-49(43,44)26-12-4-2-5-13-26)19-23-14-15-27(29(36)18-23)32-22-33(40)39-50(32,45)46/h2,4-7,10-15,18,20-21,30,32,38,45-46H,3,8-9,16-17,19,22H2,1H3,(H,37,41)(H,39,40). The number of rotatable bonds is 15. The second-order valence-electron chi connectivity index (χ2n) is 11.7. The SMILES string of the molecule is COC(=O)c1cc2ccccc2cc1OCCCCCNC(=O)C(Cc1ccc(C2CC(=O)NS2(O)O)c(Cl)c1)NS(=O)(=O)c1ccccc1. The van der Waals surface area contributed by atoms with Gasteiger partial charge in [-0.1, -0.05) is 66.2 Å².